The molecular formula is C22H25ClN6O4. The molecule has 3 heterocycles. The fourth-order valence-electron chi connectivity index (χ4n) is 3.30. The number of morpholine rings is 1. The summed E-state index contributed by atoms with van der Waals surface area (Å²) in [4.78, 5) is 38.6. The molecule has 1 saturated heterocycles. The molecule has 0 unspecified atom stereocenters. The maximum Gasteiger partial charge on any atom is 0.410 e. The second kappa shape index (κ2) is 10.1. The second-order valence-electron chi connectivity index (χ2n) is 8.47. The fourth-order valence-corrected chi connectivity index (χ4v) is 3.51. The van der Waals surface area contributed by atoms with E-state index in [0.29, 0.717) is 17.0 Å². The summed E-state index contributed by atoms with van der Waals surface area (Å²) >= 11 is 6.29. The van der Waals surface area contributed by atoms with Crippen LogP contribution in [0.3, 0.4) is 0 Å². The number of nitriles is 1. The van der Waals surface area contributed by atoms with E-state index in [2.05, 4.69) is 26.3 Å². The molecule has 11 heteroatoms. The average molecular weight is 473 g/mol. The van der Waals surface area contributed by atoms with Gasteiger partial charge in [0.2, 0.25) is 0 Å². The second-order valence-corrected chi connectivity index (χ2v) is 8.86. The Bertz CT molecular complexity index is 1080. The number of carbonyl (C=O) groups is 2. The predicted octanol–water partition coefficient (Wildman–Crippen LogP) is 3.14. The smallest absolute Gasteiger partial charge is 0.410 e. The van der Waals surface area contributed by atoms with Gasteiger partial charge in [0.1, 0.15) is 28.9 Å². The number of rotatable bonds is 4. The van der Waals surface area contributed by atoms with Crippen molar-refractivity contribution >= 4 is 23.6 Å². The van der Waals surface area contributed by atoms with Crippen molar-refractivity contribution in [3.63, 3.8) is 0 Å². The Labute approximate surface area is 196 Å². The Morgan fingerprint density at radius 3 is 2.70 bits per heavy atom. The first-order valence-corrected chi connectivity index (χ1v) is 10.7. The highest BCUT2D eigenvalue weighted by molar-refractivity contribution is 6.29. The van der Waals surface area contributed by atoms with E-state index in [9.17, 15) is 14.9 Å². The number of halogens is 1. The van der Waals surface area contributed by atoms with Crippen LogP contribution in [-0.2, 0) is 9.47 Å². The van der Waals surface area contributed by atoms with Crippen LogP contribution in [0, 0.1) is 11.3 Å². The molecule has 1 aliphatic heterocycles. The minimum Gasteiger partial charge on any atom is -0.444 e. The molecule has 2 aromatic heterocycles. The van der Waals surface area contributed by atoms with Gasteiger partial charge in [0, 0.05) is 7.05 Å². The quantitative estimate of drug-likeness (QED) is 0.671. The third kappa shape index (κ3) is 6.37. The molecule has 0 bridgehead atoms. The Morgan fingerprint density at radius 1 is 1.27 bits per heavy atom. The van der Waals surface area contributed by atoms with Gasteiger partial charge in [-0.05, 0) is 44.5 Å². The molecule has 2 atom stereocenters. The van der Waals surface area contributed by atoms with Gasteiger partial charge in [0.15, 0.2) is 0 Å². The number of hydrogen-bond acceptors (Lipinski definition) is 8. The molecule has 33 heavy (non-hydrogen) atoms. The van der Waals surface area contributed by atoms with Crippen LogP contribution in [-0.4, -0.2) is 63.7 Å². The number of amides is 2. The van der Waals surface area contributed by atoms with Crippen LogP contribution in [0.2, 0.25) is 5.15 Å². The number of aromatic nitrogens is 3. The van der Waals surface area contributed by atoms with E-state index >= 15 is 0 Å². The minimum absolute atomic E-state index is 0.114. The van der Waals surface area contributed by atoms with E-state index in [1.807, 2.05) is 0 Å². The fraction of sp³-hybridized carbons (Fsp3) is 0.455. The van der Waals surface area contributed by atoms with Crippen molar-refractivity contribution < 1.29 is 19.1 Å². The summed E-state index contributed by atoms with van der Waals surface area (Å²) in [6, 6.07) is 6.97. The Morgan fingerprint density at radius 2 is 2.03 bits per heavy atom. The highest BCUT2D eigenvalue weighted by atomic mass is 35.5. The van der Waals surface area contributed by atoms with Crippen molar-refractivity contribution in [3.8, 4) is 17.5 Å². The van der Waals surface area contributed by atoms with Crippen molar-refractivity contribution in [3.05, 3.63) is 40.9 Å². The molecule has 1 fully saturated rings. The van der Waals surface area contributed by atoms with E-state index in [1.165, 1.54) is 24.3 Å². The third-order valence-electron chi connectivity index (χ3n) is 4.72. The van der Waals surface area contributed by atoms with Crippen LogP contribution in [0.4, 0.5) is 4.79 Å². The highest BCUT2D eigenvalue weighted by Crippen LogP contribution is 2.31. The van der Waals surface area contributed by atoms with Crippen molar-refractivity contribution in [2.45, 2.75) is 45.0 Å². The number of carbonyl (C=O) groups excluding carboxylic acids is 2. The first-order valence-electron chi connectivity index (χ1n) is 10.3. The van der Waals surface area contributed by atoms with Crippen molar-refractivity contribution in [2.24, 2.45) is 0 Å². The number of nitrogens with one attached hydrogen (secondary N) is 1. The van der Waals surface area contributed by atoms with Gasteiger partial charge in [-0.25, -0.2) is 19.7 Å². The van der Waals surface area contributed by atoms with Gasteiger partial charge in [0.25, 0.3) is 5.91 Å². The Hall–Kier alpha value is -3.29. The molecule has 2 amide bonds. The summed E-state index contributed by atoms with van der Waals surface area (Å²) in [6.07, 6.45) is -0.153. The largest absolute Gasteiger partial charge is 0.444 e. The summed E-state index contributed by atoms with van der Waals surface area (Å²) in [5.74, 6) is -0.358. The van der Waals surface area contributed by atoms with E-state index in [0.717, 1.165) is 0 Å². The molecule has 0 aliphatic carbocycles. The first-order chi connectivity index (χ1) is 15.6. The van der Waals surface area contributed by atoms with Crippen LogP contribution in [0.1, 0.15) is 49.3 Å². The van der Waals surface area contributed by atoms with Gasteiger partial charge < -0.3 is 19.7 Å². The summed E-state index contributed by atoms with van der Waals surface area (Å²) < 4.78 is 11.6. The highest BCUT2D eigenvalue weighted by Gasteiger charge is 2.34. The van der Waals surface area contributed by atoms with Gasteiger partial charge in [-0.1, -0.05) is 11.6 Å². The Kier molecular flexibility index (Phi) is 7.46. The molecule has 174 valence electrons. The lowest BCUT2D eigenvalue weighted by Crippen LogP contribution is -2.48. The molecular weight excluding hydrogens is 448 g/mol. The van der Waals surface area contributed by atoms with E-state index in [-0.39, 0.29) is 36.3 Å². The SMILES string of the molecule is CNC(=O)c1cc(-c2cc([C@@H]3CN(C(=O)OC(C)(C)C)C[C@@H](CC#N)O3)cc(Cl)n2)ncn1. The molecule has 0 saturated carbocycles. The van der Waals surface area contributed by atoms with Crippen LogP contribution in [0.15, 0.2) is 24.5 Å². The zero-order chi connectivity index (χ0) is 24.2. The summed E-state index contributed by atoms with van der Waals surface area (Å²) in [6.45, 7) is 5.83. The standard InChI is InChI=1S/C22H25ClN6O4/c1-22(2,3)33-21(31)29-10-14(5-6-24)32-18(11-29)13-7-16(28-19(23)8-13)15-9-17(20(30)25-4)27-12-26-15/h7-9,12,14,18H,5,10-11H2,1-4H3,(H,25,30)/t14-,18+/m1/s1. The molecule has 0 spiro atoms. The van der Waals surface area contributed by atoms with Gasteiger partial charge in [-0.2, -0.15) is 5.26 Å². The monoisotopic (exact) mass is 472 g/mol. The molecule has 2 aromatic rings. The molecule has 0 radical (unpaired) electrons. The zero-order valence-electron chi connectivity index (χ0n) is 18.8. The minimum atomic E-state index is -0.655. The topological polar surface area (TPSA) is 130 Å². The summed E-state index contributed by atoms with van der Waals surface area (Å²) in [7, 11) is 1.51. The van der Waals surface area contributed by atoms with Crippen LogP contribution < -0.4 is 5.32 Å². The van der Waals surface area contributed by atoms with Crippen LogP contribution in [0.25, 0.3) is 11.4 Å². The number of pyridine rings is 1. The van der Waals surface area contributed by atoms with E-state index in [1.54, 1.807) is 32.9 Å². The van der Waals surface area contributed by atoms with Crippen LogP contribution in [0.5, 0.6) is 0 Å². The lowest BCUT2D eigenvalue weighted by molar-refractivity contribution is -0.0868. The average Bonchev–Trinajstić information content (AvgIpc) is 2.77. The normalized spacial score (nSPS) is 18.4. The van der Waals surface area contributed by atoms with Crippen LogP contribution >= 0.6 is 11.6 Å². The summed E-state index contributed by atoms with van der Waals surface area (Å²) in [5.41, 5.74) is 1.00. The molecule has 1 N–H and O–H groups in total. The maximum absolute atomic E-state index is 12.7. The van der Waals surface area contributed by atoms with E-state index in [4.69, 9.17) is 21.1 Å². The molecule has 1 aliphatic rings. The predicted molar refractivity (Wildman–Crippen MR) is 119 cm³/mol. The first kappa shape index (κ1) is 24.4. The third-order valence-corrected chi connectivity index (χ3v) is 4.91. The number of ether oxygens (including phenoxy) is 2. The van der Waals surface area contributed by atoms with E-state index < -0.39 is 23.9 Å². The zero-order valence-corrected chi connectivity index (χ0v) is 19.6. The van der Waals surface area contributed by atoms with Gasteiger partial charge in [0.05, 0.1) is 43.1 Å². The van der Waals surface area contributed by atoms with Crippen molar-refractivity contribution in [2.75, 3.05) is 20.1 Å². The number of hydrogen-bond donors (Lipinski definition) is 1. The van der Waals surface area contributed by atoms with Gasteiger partial charge in [-0.15, -0.1) is 0 Å². The summed E-state index contributed by atoms with van der Waals surface area (Å²) in [5, 5.41) is 11.9. The maximum atomic E-state index is 12.7. The lowest BCUT2D eigenvalue weighted by atomic mass is 10.0. The molecule has 0 aromatic carbocycles. The lowest BCUT2D eigenvalue weighted by Gasteiger charge is -2.38. The molecule has 3 rings (SSSR count). The van der Waals surface area contributed by atoms with Gasteiger partial charge >= 0.3 is 6.09 Å². The number of nitrogens with zero attached hydrogens (tertiary/aromatic N) is 5. The van der Waals surface area contributed by atoms with Gasteiger partial charge in [-0.3, -0.25) is 4.79 Å². The van der Waals surface area contributed by atoms with Crippen molar-refractivity contribution in [1.82, 2.24) is 25.2 Å². The molecule has 10 nitrogen and oxygen atoms in total. The Balaban J connectivity index is 1.93. The van der Waals surface area contributed by atoms with Crippen molar-refractivity contribution in [1.29, 1.82) is 5.26 Å².